The summed E-state index contributed by atoms with van der Waals surface area (Å²) in [6, 6.07) is 5.21. The van der Waals surface area contributed by atoms with E-state index in [2.05, 4.69) is 20.8 Å². The molecule has 1 amide bonds. The van der Waals surface area contributed by atoms with Gasteiger partial charge >= 0.3 is 0 Å². The van der Waals surface area contributed by atoms with E-state index in [1.54, 1.807) is 44.0 Å². The molecule has 0 spiro atoms. The molecule has 9 heteroatoms. The summed E-state index contributed by atoms with van der Waals surface area (Å²) in [4.78, 5) is 12.5. The van der Waals surface area contributed by atoms with Crippen molar-refractivity contribution in [3.05, 3.63) is 18.2 Å². The highest BCUT2D eigenvalue weighted by molar-refractivity contribution is 8.00. The van der Waals surface area contributed by atoms with Crippen molar-refractivity contribution >= 4 is 23.4 Å². The van der Waals surface area contributed by atoms with Gasteiger partial charge in [-0.2, -0.15) is 0 Å². The minimum absolute atomic E-state index is 0.163. The minimum Gasteiger partial charge on any atom is -0.497 e. The molecule has 0 saturated carbocycles. The predicted octanol–water partition coefficient (Wildman–Crippen LogP) is 2.56. The van der Waals surface area contributed by atoms with Crippen LogP contribution in [0.25, 0.3) is 0 Å². The van der Waals surface area contributed by atoms with Gasteiger partial charge in [0, 0.05) is 23.9 Å². The molecular weight excluding hydrogens is 342 g/mol. The zero-order valence-corrected chi connectivity index (χ0v) is 16.0. The number of thioether (sulfide) groups is 1. The summed E-state index contributed by atoms with van der Waals surface area (Å²) in [5.41, 5.74) is 0.339. The fourth-order valence-corrected chi connectivity index (χ4v) is 2.98. The minimum atomic E-state index is -0.385. The zero-order chi connectivity index (χ0) is 18.6. The van der Waals surface area contributed by atoms with Crippen LogP contribution >= 0.6 is 11.8 Å². The van der Waals surface area contributed by atoms with Gasteiger partial charge in [0.05, 0.1) is 25.0 Å². The molecule has 2 aromatic rings. The van der Waals surface area contributed by atoms with Crippen LogP contribution < -0.4 is 14.8 Å². The number of amides is 1. The SMILES string of the molecule is COc1cc(NC(=O)C(C)Sc2nnnn2C(C)(C)C)cc(OC)c1. The smallest absolute Gasteiger partial charge is 0.237 e. The fraction of sp³-hybridized carbons (Fsp3) is 0.500. The molecule has 0 radical (unpaired) electrons. The number of aromatic nitrogens is 4. The zero-order valence-electron chi connectivity index (χ0n) is 15.2. The molecule has 1 atom stereocenters. The number of tetrazole rings is 1. The molecule has 136 valence electrons. The van der Waals surface area contributed by atoms with Crippen molar-refractivity contribution in [3.63, 3.8) is 0 Å². The number of anilines is 1. The summed E-state index contributed by atoms with van der Waals surface area (Å²) in [7, 11) is 3.12. The van der Waals surface area contributed by atoms with Crippen LogP contribution in [0.3, 0.4) is 0 Å². The summed E-state index contributed by atoms with van der Waals surface area (Å²) in [5, 5.41) is 14.8. The number of hydrogen-bond acceptors (Lipinski definition) is 7. The van der Waals surface area contributed by atoms with Crippen molar-refractivity contribution in [2.24, 2.45) is 0 Å². The number of hydrogen-bond donors (Lipinski definition) is 1. The maximum atomic E-state index is 12.5. The van der Waals surface area contributed by atoms with Crippen molar-refractivity contribution in [2.45, 2.75) is 43.6 Å². The molecule has 0 aliphatic carbocycles. The standard InChI is InChI=1S/C16H23N5O3S/c1-10(25-15-18-19-20-21(15)16(2,3)4)14(22)17-11-7-12(23-5)9-13(8-11)24-6/h7-10H,1-6H3,(H,17,22). The van der Waals surface area contributed by atoms with Gasteiger partial charge in [0.25, 0.3) is 0 Å². The van der Waals surface area contributed by atoms with Gasteiger partial charge in [-0.15, -0.1) is 5.10 Å². The average molecular weight is 365 g/mol. The second kappa shape index (κ2) is 7.73. The predicted molar refractivity (Wildman–Crippen MR) is 96.3 cm³/mol. The number of rotatable bonds is 6. The molecule has 0 saturated heterocycles. The maximum Gasteiger partial charge on any atom is 0.237 e. The van der Waals surface area contributed by atoms with Crippen LogP contribution in [0.5, 0.6) is 11.5 Å². The largest absolute Gasteiger partial charge is 0.497 e. The van der Waals surface area contributed by atoms with Gasteiger partial charge in [-0.1, -0.05) is 11.8 Å². The molecule has 0 fully saturated rings. The number of carbonyl (C=O) groups is 1. The summed E-state index contributed by atoms with van der Waals surface area (Å²) >= 11 is 1.30. The lowest BCUT2D eigenvalue weighted by molar-refractivity contribution is -0.115. The Morgan fingerprint density at radius 3 is 2.32 bits per heavy atom. The Balaban J connectivity index is 2.10. The van der Waals surface area contributed by atoms with E-state index in [0.717, 1.165) is 0 Å². The highest BCUT2D eigenvalue weighted by atomic mass is 32.2. The molecule has 0 bridgehead atoms. The van der Waals surface area contributed by atoms with E-state index in [4.69, 9.17) is 9.47 Å². The third-order valence-electron chi connectivity index (χ3n) is 3.35. The van der Waals surface area contributed by atoms with Crippen LogP contribution in [0.15, 0.2) is 23.4 Å². The van der Waals surface area contributed by atoms with Crippen molar-refractivity contribution < 1.29 is 14.3 Å². The molecule has 1 unspecified atom stereocenters. The number of ether oxygens (including phenoxy) is 2. The number of nitrogens with one attached hydrogen (secondary N) is 1. The summed E-state index contributed by atoms with van der Waals surface area (Å²) in [5.74, 6) is 1.04. The molecular formula is C16H23N5O3S. The first-order valence-corrected chi connectivity index (χ1v) is 8.62. The average Bonchev–Trinajstić information content (AvgIpc) is 3.02. The summed E-state index contributed by atoms with van der Waals surface area (Å²) < 4.78 is 12.1. The highest BCUT2D eigenvalue weighted by Gasteiger charge is 2.24. The lowest BCUT2D eigenvalue weighted by Crippen LogP contribution is -2.27. The van der Waals surface area contributed by atoms with Crippen LogP contribution in [-0.2, 0) is 10.3 Å². The molecule has 1 heterocycles. The normalized spacial score (nSPS) is 12.6. The van der Waals surface area contributed by atoms with E-state index >= 15 is 0 Å². The highest BCUT2D eigenvalue weighted by Crippen LogP contribution is 2.28. The molecule has 1 aromatic carbocycles. The van der Waals surface area contributed by atoms with Gasteiger partial charge < -0.3 is 14.8 Å². The van der Waals surface area contributed by atoms with Crippen molar-refractivity contribution in [2.75, 3.05) is 19.5 Å². The van der Waals surface area contributed by atoms with Crippen LogP contribution in [0.2, 0.25) is 0 Å². The molecule has 8 nitrogen and oxygen atoms in total. The Hall–Kier alpha value is -2.29. The van der Waals surface area contributed by atoms with Crippen molar-refractivity contribution in [1.29, 1.82) is 0 Å². The third-order valence-corrected chi connectivity index (χ3v) is 4.38. The summed E-state index contributed by atoms with van der Waals surface area (Å²) in [6.45, 7) is 7.81. The van der Waals surface area contributed by atoms with Crippen LogP contribution in [0.1, 0.15) is 27.7 Å². The molecule has 1 aromatic heterocycles. The quantitative estimate of drug-likeness (QED) is 0.787. The Morgan fingerprint density at radius 1 is 1.20 bits per heavy atom. The van der Waals surface area contributed by atoms with Gasteiger partial charge in [0.2, 0.25) is 11.1 Å². The summed E-state index contributed by atoms with van der Waals surface area (Å²) in [6.07, 6.45) is 0. The van der Waals surface area contributed by atoms with E-state index in [9.17, 15) is 4.79 Å². The monoisotopic (exact) mass is 365 g/mol. The molecule has 1 N–H and O–H groups in total. The van der Waals surface area contributed by atoms with Gasteiger partial charge in [-0.25, -0.2) is 4.68 Å². The molecule has 0 aliphatic rings. The van der Waals surface area contributed by atoms with E-state index in [0.29, 0.717) is 22.3 Å². The molecule has 0 aliphatic heterocycles. The first-order chi connectivity index (χ1) is 11.7. The van der Waals surface area contributed by atoms with Crippen LogP contribution in [-0.4, -0.2) is 45.6 Å². The Bertz CT molecular complexity index is 719. The molecule has 2 rings (SSSR count). The maximum absolute atomic E-state index is 12.5. The first kappa shape index (κ1) is 19.0. The van der Waals surface area contributed by atoms with E-state index in [1.165, 1.54) is 11.8 Å². The Morgan fingerprint density at radius 2 is 1.80 bits per heavy atom. The van der Waals surface area contributed by atoms with Gasteiger partial charge in [-0.3, -0.25) is 4.79 Å². The van der Waals surface area contributed by atoms with Crippen molar-refractivity contribution in [3.8, 4) is 11.5 Å². The Kier molecular flexibility index (Phi) is 5.89. The Labute approximate surface area is 151 Å². The van der Waals surface area contributed by atoms with E-state index < -0.39 is 0 Å². The van der Waals surface area contributed by atoms with Crippen LogP contribution in [0, 0.1) is 0 Å². The van der Waals surface area contributed by atoms with Gasteiger partial charge in [0.1, 0.15) is 11.5 Å². The topological polar surface area (TPSA) is 91.2 Å². The lowest BCUT2D eigenvalue weighted by Gasteiger charge is -2.20. The second-order valence-corrected chi connectivity index (χ2v) is 7.70. The second-order valence-electron chi connectivity index (χ2n) is 6.39. The number of nitrogens with zero attached hydrogens (tertiary/aromatic N) is 4. The third kappa shape index (κ3) is 4.85. The first-order valence-electron chi connectivity index (χ1n) is 7.74. The lowest BCUT2D eigenvalue weighted by atomic mass is 10.1. The molecule has 25 heavy (non-hydrogen) atoms. The number of methoxy groups -OCH3 is 2. The fourth-order valence-electron chi connectivity index (χ4n) is 2.01. The van der Waals surface area contributed by atoms with Crippen LogP contribution in [0.4, 0.5) is 5.69 Å². The van der Waals surface area contributed by atoms with Crippen molar-refractivity contribution in [1.82, 2.24) is 20.2 Å². The van der Waals surface area contributed by atoms with E-state index in [-0.39, 0.29) is 16.7 Å². The van der Waals surface area contributed by atoms with Gasteiger partial charge in [0.15, 0.2) is 0 Å². The van der Waals surface area contributed by atoms with E-state index in [1.807, 2.05) is 20.8 Å². The number of benzene rings is 1. The number of carbonyl (C=O) groups excluding carboxylic acids is 1. The van der Waals surface area contributed by atoms with Gasteiger partial charge in [-0.05, 0) is 38.1 Å².